The lowest BCUT2D eigenvalue weighted by Crippen LogP contribution is -2.37. The van der Waals surface area contributed by atoms with Gasteiger partial charge in [-0.1, -0.05) is 36.9 Å². The van der Waals surface area contributed by atoms with Gasteiger partial charge in [-0.25, -0.2) is 0 Å². The van der Waals surface area contributed by atoms with E-state index in [1.807, 2.05) is 6.07 Å². The number of hydrogen-bond acceptors (Lipinski definition) is 3. The summed E-state index contributed by atoms with van der Waals surface area (Å²) in [4.78, 5) is 2.29. The van der Waals surface area contributed by atoms with Gasteiger partial charge >= 0.3 is 0 Å². The Labute approximate surface area is 138 Å². The average Bonchev–Trinajstić information content (AvgIpc) is 2.95. The Morgan fingerprint density at radius 2 is 2.09 bits per heavy atom. The molecule has 0 aromatic heterocycles. The molecule has 0 bridgehead atoms. The monoisotopic (exact) mass is 322 g/mol. The van der Waals surface area contributed by atoms with Crippen molar-refractivity contribution < 1.29 is 4.74 Å². The highest BCUT2D eigenvalue weighted by atomic mass is 35.5. The zero-order valence-electron chi connectivity index (χ0n) is 13.5. The molecule has 1 aromatic carbocycles. The molecule has 1 aliphatic carbocycles. The summed E-state index contributed by atoms with van der Waals surface area (Å²) in [5, 5.41) is 0.727. The molecule has 1 atom stereocenters. The topological polar surface area (TPSA) is 38.5 Å². The van der Waals surface area contributed by atoms with Gasteiger partial charge in [0.2, 0.25) is 0 Å². The summed E-state index contributed by atoms with van der Waals surface area (Å²) in [6.45, 7) is 2.78. The summed E-state index contributed by atoms with van der Waals surface area (Å²) in [7, 11) is 2.13. The molecule has 1 aromatic rings. The van der Waals surface area contributed by atoms with E-state index in [4.69, 9.17) is 22.1 Å². The van der Waals surface area contributed by atoms with Crippen LogP contribution in [0.15, 0.2) is 18.2 Å². The number of benzene rings is 1. The smallest absolute Gasteiger partial charge is 0.138 e. The van der Waals surface area contributed by atoms with E-state index >= 15 is 0 Å². The van der Waals surface area contributed by atoms with E-state index in [0.717, 1.165) is 30.3 Å². The number of nitrogens with two attached hydrogens (primary N) is 1. The second-order valence-electron chi connectivity index (χ2n) is 6.98. The van der Waals surface area contributed by atoms with E-state index in [-0.39, 0.29) is 11.5 Å². The van der Waals surface area contributed by atoms with Crippen LogP contribution in [0.4, 0.5) is 0 Å². The van der Waals surface area contributed by atoms with Gasteiger partial charge in [-0.2, -0.15) is 0 Å². The number of likely N-dealkylation sites (tertiary alicyclic amines) is 1. The molecule has 1 unspecified atom stereocenters. The van der Waals surface area contributed by atoms with Gasteiger partial charge in [-0.3, -0.25) is 0 Å². The minimum Gasteiger partial charge on any atom is -0.487 e. The largest absolute Gasteiger partial charge is 0.487 e. The number of ether oxygens (including phenoxy) is 1. The molecule has 122 valence electrons. The molecule has 3 nitrogen and oxygen atoms in total. The van der Waals surface area contributed by atoms with Crippen LogP contribution in [0.1, 0.15) is 44.1 Å². The first-order valence-electron chi connectivity index (χ1n) is 8.48. The van der Waals surface area contributed by atoms with Gasteiger partial charge in [0.1, 0.15) is 11.9 Å². The van der Waals surface area contributed by atoms with Crippen LogP contribution in [0.2, 0.25) is 5.02 Å². The Kier molecular flexibility index (Phi) is 4.96. The fourth-order valence-corrected chi connectivity index (χ4v) is 4.16. The van der Waals surface area contributed by atoms with Gasteiger partial charge in [-0.15, -0.1) is 0 Å². The van der Waals surface area contributed by atoms with Gasteiger partial charge in [0.05, 0.1) is 5.02 Å². The molecule has 22 heavy (non-hydrogen) atoms. The van der Waals surface area contributed by atoms with Crippen LogP contribution in [0.5, 0.6) is 5.75 Å². The minimum absolute atomic E-state index is 0.119. The van der Waals surface area contributed by atoms with Crippen LogP contribution >= 0.6 is 11.6 Å². The SMILES string of the molecule is CN1CCC(Oc2ccc(C3(CN)CCCCC3)cc2Cl)C1. The van der Waals surface area contributed by atoms with Crippen LogP contribution in [0.3, 0.4) is 0 Å². The molecule has 0 radical (unpaired) electrons. The molecule has 0 amide bonds. The maximum Gasteiger partial charge on any atom is 0.138 e. The van der Waals surface area contributed by atoms with Crippen molar-refractivity contribution >= 4 is 11.6 Å². The number of likely N-dealkylation sites (N-methyl/N-ethyl adjacent to an activating group) is 1. The predicted molar refractivity (Wildman–Crippen MR) is 91.8 cm³/mol. The summed E-state index contributed by atoms with van der Waals surface area (Å²) in [6, 6.07) is 6.31. The summed E-state index contributed by atoms with van der Waals surface area (Å²) >= 11 is 6.50. The van der Waals surface area contributed by atoms with Crippen LogP contribution in [0.25, 0.3) is 0 Å². The molecule has 2 N–H and O–H groups in total. The molecule has 1 aliphatic heterocycles. The molecule has 0 spiro atoms. The highest BCUT2D eigenvalue weighted by molar-refractivity contribution is 6.32. The fourth-order valence-electron chi connectivity index (χ4n) is 3.94. The summed E-state index contributed by atoms with van der Waals surface area (Å²) in [5.41, 5.74) is 7.53. The van der Waals surface area contributed by atoms with Crippen molar-refractivity contribution in [2.24, 2.45) is 5.73 Å². The normalized spacial score (nSPS) is 25.3. The summed E-state index contributed by atoms with van der Waals surface area (Å²) < 4.78 is 6.08. The lowest BCUT2D eigenvalue weighted by atomic mass is 9.69. The van der Waals surface area contributed by atoms with Crippen LogP contribution in [-0.2, 0) is 5.41 Å². The molecular formula is C18H27ClN2O. The van der Waals surface area contributed by atoms with E-state index < -0.39 is 0 Å². The van der Waals surface area contributed by atoms with Crippen molar-refractivity contribution in [2.75, 3.05) is 26.7 Å². The maximum absolute atomic E-state index is 6.50. The Balaban J connectivity index is 1.76. The maximum atomic E-state index is 6.50. The van der Waals surface area contributed by atoms with E-state index in [2.05, 4.69) is 24.1 Å². The summed E-state index contributed by atoms with van der Waals surface area (Å²) in [5.74, 6) is 0.814. The fraction of sp³-hybridized carbons (Fsp3) is 0.667. The zero-order valence-corrected chi connectivity index (χ0v) is 14.2. The molecule has 2 fully saturated rings. The standard InChI is InChI=1S/C18H27ClN2O/c1-21-10-7-15(12-21)22-17-6-5-14(11-16(17)19)18(13-20)8-3-2-4-9-18/h5-6,11,15H,2-4,7-10,12-13,20H2,1H3. The van der Waals surface area contributed by atoms with Crippen molar-refractivity contribution in [3.8, 4) is 5.75 Å². The van der Waals surface area contributed by atoms with Crippen molar-refractivity contribution in [1.82, 2.24) is 4.90 Å². The number of halogens is 1. The van der Waals surface area contributed by atoms with Crippen molar-refractivity contribution in [1.29, 1.82) is 0 Å². The number of rotatable bonds is 4. The Bertz CT molecular complexity index is 514. The molecular weight excluding hydrogens is 296 g/mol. The molecule has 4 heteroatoms. The lowest BCUT2D eigenvalue weighted by molar-refractivity contribution is 0.208. The van der Waals surface area contributed by atoms with Crippen molar-refractivity contribution in [3.63, 3.8) is 0 Å². The summed E-state index contributed by atoms with van der Waals surface area (Å²) in [6.07, 6.45) is 7.53. The van der Waals surface area contributed by atoms with Gasteiger partial charge < -0.3 is 15.4 Å². The van der Waals surface area contributed by atoms with Crippen LogP contribution < -0.4 is 10.5 Å². The highest BCUT2D eigenvalue weighted by Gasteiger charge is 2.33. The highest BCUT2D eigenvalue weighted by Crippen LogP contribution is 2.41. The van der Waals surface area contributed by atoms with E-state index in [1.54, 1.807) is 0 Å². The first-order chi connectivity index (χ1) is 10.6. The third kappa shape index (κ3) is 3.27. The molecule has 1 saturated heterocycles. The Morgan fingerprint density at radius 3 is 2.68 bits per heavy atom. The lowest BCUT2D eigenvalue weighted by Gasteiger charge is -2.37. The van der Waals surface area contributed by atoms with Gasteiger partial charge in [0.15, 0.2) is 0 Å². The quantitative estimate of drug-likeness (QED) is 0.920. The number of nitrogens with zero attached hydrogens (tertiary/aromatic N) is 1. The van der Waals surface area contributed by atoms with E-state index in [9.17, 15) is 0 Å². The van der Waals surface area contributed by atoms with E-state index in [1.165, 1.54) is 37.7 Å². The third-order valence-corrected chi connectivity index (χ3v) is 5.68. The number of hydrogen-bond donors (Lipinski definition) is 1. The van der Waals surface area contributed by atoms with E-state index in [0.29, 0.717) is 6.54 Å². The first kappa shape index (κ1) is 16.1. The molecule has 1 saturated carbocycles. The van der Waals surface area contributed by atoms with Gasteiger partial charge in [0, 0.05) is 25.0 Å². The zero-order chi connectivity index (χ0) is 15.6. The van der Waals surface area contributed by atoms with Crippen molar-refractivity contribution in [2.45, 2.75) is 50.0 Å². The van der Waals surface area contributed by atoms with Crippen molar-refractivity contribution in [3.05, 3.63) is 28.8 Å². The average molecular weight is 323 g/mol. The molecule has 3 rings (SSSR count). The minimum atomic E-state index is 0.119. The Hall–Kier alpha value is -0.770. The Morgan fingerprint density at radius 1 is 1.32 bits per heavy atom. The third-order valence-electron chi connectivity index (χ3n) is 5.39. The second kappa shape index (κ2) is 6.77. The van der Waals surface area contributed by atoms with Gasteiger partial charge in [-0.05, 0) is 44.0 Å². The molecule has 1 heterocycles. The molecule has 2 aliphatic rings. The van der Waals surface area contributed by atoms with Gasteiger partial charge in [0.25, 0.3) is 0 Å². The second-order valence-corrected chi connectivity index (χ2v) is 7.39. The first-order valence-corrected chi connectivity index (χ1v) is 8.86. The van der Waals surface area contributed by atoms with Crippen LogP contribution in [0, 0.1) is 0 Å². The van der Waals surface area contributed by atoms with Crippen LogP contribution in [-0.4, -0.2) is 37.7 Å². The predicted octanol–water partition coefficient (Wildman–Crippen LogP) is 3.58.